The summed E-state index contributed by atoms with van der Waals surface area (Å²) in [5.41, 5.74) is -1.92. The monoisotopic (exact) mass is 465 g/mol. The molecule has 1 saturated heterocycles. The predicted octanol–water partition coefficient (Wildman–Crippen LogP) is 2.81. The van der Waals surface area contributed by atoms with Gasteiger partial charge in [-0.3, -0.25) is 4.79 Å². The van der Waals surface area contributed by atoms with Crippen LogP contribution in [0.5, 0.6) is 0 Å². The normalized spacial score (nSPS) is 16.3. The van der Waals surface area contributed by atoms with Crippen LogP contribution in [-0.4, -0.2) is 58.1 Å². The van der Waals surface area contributed by atoms with Gasteiger partial charge in [0.05, 0.1) is 17.0 Å². The van der Waals surface area contributed by atoms with Crippen molar-refractivity contribution >= 4 is 22.5 Å². The van der Waals surface area contributed by atoms with Crippen LogP contribution < -0.4 is 15.8 Å². The lowest BCUT2D eigenvalue weighted by molar-refractivity contribution is -0.140. The lowest BCUT2D eigenvalue weighted by atomic mass is 10.0. The summed E-state index contributed by atoms with van der Waals surface area (Å²) in [4.78, 5) is 16.8. The molecule has 1 N–H and O–H groups in total. The highest BCUT2D eigenvalue weighted by Crippen LogP contribution is 2.35. The van der Waals surface area contributed by atoms with Gasteiger partial charge in [0.25, 0.3) is 5.56 Å². The van der Waals surface area contributed by atoms with Gasteiger partial charge in [0.1, 0.15) is 5.82 Å². The molecule has 8 nitrogen and oxygen atoms in total. The third-order valence-corrected chi connectivity index (χ3v) is 5.76. The molecule has 0 amide bonds. The molecule has 12 heteroatoms. The van der Waals surface area contributed by atoms with E-state index < -0.39 is 29.2 Å². The molecule has 0 aliphatic carbocycles. The minimum atomic E-state index is -4.81. The van der Waals surface area contributed by atoms with Crippen molar-refractivity contribution in [3.63, 3.8) is 0 Å². The predicted molar refractivity (Wildman–Crippen MR) is 116 cm³/mol. The molecule has 0 radical (unpaired) electrons. The maximum Gasteiger partial charge on any atom is 0.419 e. The Morgan fingerprint density at radius 1 is 1.09 bits per heavy atom. The summed E-state index contributed by atoms with van der Waals surface area (Å²) in [7, 11) is 3.45. The molecule has 0 unspecified atom stereocenters. The third kappa shape index (κ3) is 4.47. The van der Waals surface area contributed by atoms with Crippen molar-refractivity contribution in [2.75, 3.05) is 43.4 Å². The number of anilines is 2. The van der Waals surface area contributed by atoms with Crippen LogP contribution in [0.1, 0.15) is 24.1 Å². The van der Waals surface area contributed by atoms with E-state index in [1.807, 2.05) is 11.9 Å². The second-order valence-corrected chi connectivity index (χ2v) is 8.11. The number of piperazine rings is 1. The van der Waals surface area contributed by atoms with Gasteiger partial charge in [0.15, 0.2) is 17.2 Å². The van der Waals surface area contributed by atoms with Crippen LogP contribution in [0, 0.1) is 5.82 Å². The summed E-state index contributed by atoms with van der Waals surface area (Å²) in [6.45, 7) is 4.65. The van der Waals surface area contributed by atoms with Crippen molar-refractivity contribution in [2.45, 2.75) is 19.1 Å². The Morgan fingerprint density at radius 3 is 2.45 bits per heavy atom. The van der Waals surface area contributed by atoms with Crippen LogP contribution in [0.2, 0.25) is 0 Å². The smallest absolute Gasteiger partial charge is 0.361 e. The minimum Gasteiger partial charge on any atom is -0.361 e. The Morgan fingerprint density at radius 2 is 1.79 bits per heavy atom. The average molecular weight is 465 g/mol. The molecule has 1 aliphatic heterocycles. The number of halogens is 4. The number of likely N-dealkylation sites (N-methyl/N-ethyl adjacent to an activating group) is 1. The van der Waals surface area contributed by atoms with Crippen molar-refractivity contribution in [2.24, 2.45) is 7.05 Å². The van der Waals surface area contributed by atoms with Crippen LogP contribution in [-0.2, 0) is 13.2 Å². The minimum absolute atomic E-state index is 0.0598. The molecule has 1 fully saturated rings. The molecule has 1 aliphatic rings. The van der Waals surface area contributed by atoms with Gasteiger partial charge in [-0.1, -0.05) is 12.1 Å². The van der Waals surface area contributed by atoms with Crippen LogP contribution in [0.4, 0.5) is 29.2 Å². The zero-order valence-corrected chi connectivity index (χ0v) is 18.3. The maximum absolute atomic E-state index is 14.6. The van der Waals surface area contributed by atoms with Gasteiger partial charge in [0, 0.05) is 38.8 Å². The molecule has 0 saturated carbocycles. The Balaban J connectivity index is 1.73. The first-order chi connectivity index (χ1) is 15.6. The number of aryl methyl sites for hydroxylation is 1. The second-order valence-electron chi connectivity index (χ2n) is 8.11. The van der Waals surface area contributed by atoms with E-state index in [9.17, 15) is 22.4 Å². The molecule has 33 heavy (non-hydrogen) atoms. The first-order valence-corrected chi connectivity index (χ1v) is 10.4. The number of nitrogens with zero attached hydrogens (tertiary/aromatic N) is 6. The molecule has 1 atom stereocenters. The highest BCUT2D eigenvalue weighted by Gasteiger charge is 2.35. The second kappa shape index (κ2) is 8.58. The fourth-order valence-electron chi connectivity index (χ4n) is 3.81. The van der Waals surface area contributed by atoms with E-state index in [-0.39, 0.29) is 16.9 Å². The number of benzene rings is 1. The molecule has 4 rings (SSSR count). The number of hydrogen-bond donors (Lipinski definition) is 1. The van der Waals surface area contributed by atoms with Gasteiger partial charge < -0.3 is 15.1 Å². The molecule has 1 aromatic carbocycles. The van der Waals surface area contributed by atoms with Crippen molar-refractivity contribution < 1.29 is 17.6 Å². The van der Waals surface area contributed by atoms with Crippen molar-refractivity contribution in [3.05, 3.63) is 51.6 Å². The lowest BCUT2D eigenvalue weighted by Gasteiger charge is -2.33. The lowest BCUT2D eigenvalue weighted by Crippen LogP contribution is -2.44. The van der Waals surface area contributed by atoms with Gasteiger partial charge in [-0.25, -0.2) is 9.07 Å². The maximum atomic E-state index is 14.6. The van der Waals surface area contributed by atoms with Crippen LogP contribution in [0.25, 0.3) is 10.9 Å². The molecule has 176 valence electrons. The highest BCUT2D eigenvalue weighted by molar-refractivity contribution is 5.89. The highest BCUT2D eigenvalue weighted by atomic mass is 19.4. The fourth-order valence-corrected chi connectivity index (χ4v) is 3.81. The fraction of sp³-hybridized carbons (Fsp3) is 0.429. The van der Waals surface area contributed by atoms with E-state index in [1.54, 1.807) is 6.07 Å². The van der Waals surface area contributed by atoms with Gasteiger partial charge in [0.2, 0.25) is 0 Å². The largest absolute Gasteiger partial charge is 0.419 e. The van der Waals surface area contributed by atoms with E-state index in [0.29, 0.717) is 17.3 Å². The number of aromatic nitrogens is 4. The number of nitrogens with one attached hydrogen (secondary N) is 1. The molecule has 3 heterocycles. The van der Waals surface area contributed by atoms with Crippen molar-refractivity contribution in [1.82, 2.24) is 24.9 Å². The molecular formula is C21H23F4N7O. The zero-order chi connectivity index (χ0) is 23.9. The molecular weight excluding hydrogens is 442 g/mol. The quantitative estimate of drug-likeness (QED) is 0.594. The summed E-state index contributed by atoms with van der Waals surface area (Å²) >= 11 is 0. The molecule has 0 bridgehead atoms. The number of hydrogen-bond acceptors (Lipinski definition) is 7. The van der Waals surface area contributed by atoms with Crippen LogP contribution in [0.15, 0.2) is 29.1 Å². The van der Waals surface area contributed by atoms with Gasteiger partial charge >= 0.3 is 6.18 Å². The van der Waals surface area contributed by atoms with Crippen molar-refractivity contribution in [3.8, 4) is 0 Å². The van der Waals surface area contributed by atoms with E-state index >= 15 is 0 Å². The summed E-state index contributed by atoms with van der Waals surface area (Å²) in [6.07, 6.45) is -4.81. The Hall–Kier alpha value is -3.28. The average Bonchev–Trinajstić information content (AvgIpc) is 2.76. The standard InChI is InChI=1S/C21H23F4N7O/c1-12(13-5-4-6-15(17(13)22)21(23,24)25)26-19-14-11-16(32-9-7-30(2)8-10-32)27-28-18(14)20(33)31(3)29-19/h4-6,11-12H,7-10H2,1-3H3,(H,26,29)/t12-/m1/s1. The first kappa shape index (κ1) is 22.9. The number of rotatable bonds is 4. The summed E-state index contributed by atoms with van der Waals surface area (Å²) in [5, 5.41) is 15.8. The van der Waals surface area contributed by atoms with Crippen LogP contribution in [0.3, 0.4) is 0 Å². The number of fused-ring (bicyclic) bond motifs is 1. The Bertz CT molecular complexity index is 1240. The summed E-state index contributed by atoms with van der Waals surface area (Å²) < 4.78 is 55.1. The molecule has 0 spiro atoms. The van der Waals surface area contributed by atoms with E-state index in [2.05, 4.69) is 25.5 Å². The van der Waals surface area contributed by atoms with Gasteiger partial charge in [-0.05, 0) is 26.1 Å². The first-order valence-electron chi connectivity index (χ1n) is 10.4. The van der Waals surface area contributed by atoms with E-state index in [0.717, 1.165) is 36.9 Å². The summed E-state index contributed by atoms with van der Waals surface area (Å²) in [5.74, 6) is -0.592. The van der Waals surface area contributed by atoms with E-state index in [4.69, 9.17) is 0 Å². The van der Waals surface area contributed by atoms with Crippen molar-refractivity contribution in [1.29, 1.82) is 0 Å². The van der Waals surface area contributed by atoms with Gasteiger partial charge in [-0.2, -0.15) is 18.3 Å². The SMILES string of the molecule is C[C@@H](Nc1nn(C)c(=O)c2nnc(N3CCN(C)CC3)cc12)c1cccc(C(F)(F)F)c1F. The third-order valence-electron chi connectivity index (χ3n) is 5.76. The Labute approximate surface area is 186 Å². The topological polar surface area (TPSA) is 79.2 Å². The zero-order valence-electron chi connectivity index (χ0n) is 18.3. The molecule has 3 aromatic rings. The molecule has 2 aromatic heterocycles. The van der Waals surface area contributed by atoms with Gasteiger partial charge in [-0.15, -0.1) is 10.2 Å². The number of alkyl halides is 3. The summed E-state index contributed by atoms with van der Waals surface area (Å²) in [6, 6.07) is 3.94. The Kier molecular flexibility index (Phi) is 5.95. The van der Waals surface area contributed by atoms with E-state index in [1.165, 1.54) is 20.0 Å². The van der Waals surface area contributed by atoms with Crippen LogP contribution >= 0.6 is 0 Å².